The number of benzene rings is 1. The molecule has 1 atom stereocenters. The number of hydrogen-bond acceptors (Lipinski definition) is 2. The number of nitrogens with zero attached hydrogens (tertiary/aromatic N) is 1. The van der Waals surface area contributed by atoms with E-state index in [1.807, 2.05) is 0 Å². The van der Waals surface area contributed by atoms with Crippen LogP contribution in [0.3, 0.4) is 0 Å². The summed E-state index contributed by atoms with van der Waals surface area (Å²) in [6.45, 7) is 0.231. The van der Waals surface area contributed by atoms with E-state index < -0.39 is 11.9 Å². The quantitative estimate of drug-likeness (QED) is 0.877. The van der Waals surface area contributed by atoms with Gasteiger partial charge in [-0.3, -0.25) is 9.59 Å². The van der Waals surface area contributed by atoms with Crippen molar-refractivity contribution in [2.24, 2.45) is 5.92 Å². The van der Waals surface area contributed by atoms with Crippen LogP contribution in [-0.2, 0) is 9.59 Å². The van der Waals surface area contributed by atoms with Gasteiger partial charge in [0.15, 0.2) is 0 Å². The van der Waals surface area contributed by atoms with Crippen LogP contribution in [0.25, 0.3) is 0 Å². The molecule has 2 amide bonds. The number of anilines is 1. The molecule has 2 fully saturated rings. The molecule has 0 bridgehead atoms. The average Bonchev–Trinajstić information content (AvgIpc) is 3.21. The Morgan fingerprint density at radius 2 is 1.95 bits per heavy atom. The maximum absolute atomic E-state index is 13.8. The zero-order valence-corrected chi connectivity index (χ0v) is 10.4. The largest absolute Gasteiger partial charge is 0.344 e. The molecule has 100 valence electrons. The summed E-state index contributed by atoms with van der Waals surface area (Å²) in [7, 11) is 0. The molecule has 1 heterocycles. The van der Waals surface area contributed by atoms with Crippen molar-refractivity contribution in [2.75, 3.05) is 11.4 Å². The van der Waals surface area contributed by atoms with Crippen LogP contribution in [0.4, 0.5) is 10.1 Å². The molecule has 1 N–H and O–H groups in total. The van der Waals surface area contributed by atoms with Gasteiger partial charge >= 0.3 is 0 Å². The second kappa shape index (κ2) is 4.64. The minimum Gasteiger partial charge on any atom is -0.344 e. The Morgan fingerprint density at radius 1 is 1.21 bits per heavy atom. The monoisotopic (exact) mass is 262 g/mol. The van der Waals surface area contributed by atoms with Crippen LogP contribution in [0.15, 0.2) is 24.3 Å². The number of para-hydroxylation sites is 1. The van der Waals surface area contributed by atoms with Crippen LogP contribution in [0.2, 0.25) is 0 Å². The molecule has 1 saturated heterocycles. The highest BCUT2D eigenvalue weighted by atomic mass is 19.1. The molecule has 0 spiro atoms. The third-order valence-electron chi connectivity index (χ3n) is 3.65. The Kier molecular flexibility index (Phi) is 2.97. The number of rotatable bonds is 2. The topological polar surface area (TPSA) is 49.4 Å². The summed E-state index contributed by atoms with van der Waals surface area (Å²) < 4.78 is 13.8. The van der Waals surface area contributed by atoms with Crippen LogP contribution in [-0.4, -0.2) is 24.4 Å². The van der Waals surface area contributed by atoms with Gasteiger partial charge in [0.25, 0.3) is 0 Å². The molecule has 3 rings (SSSR count). The van der Waals surface area contributed by atoms with Crippen LogP contribution >= 0.6 is 0 Å². The lowest BCUT2D eigenvalue weighted by molar-refractivity contribution is -0.126. The molecule has 1 aliphatic carbocycles. The lowest BCUT2D eigenvalue weighted by atomic mass is 10.1. The van der Waals surface area contributed by atoms with E-state index >= 15 is 0 Å². The van der Waals surface area contributed by atoms with E-state index in [2.05, 4.69) is 5.32 Å². The first-order valence-electron chi connectivity index (χ1n) is 6.52. The molecular weight excluding hydrogens is 247 g/mol. The van der Waals surface area contributed by atoms with Gasteiger partial charge in [0.1, 0.15) is 11.9 Å². The Hall–Kier alpha value is -1.91. The first kappa shape index (κ1) is 12.1. The van der Waals surface area contributed by atoms with Gasteiger partial charge in [0, 0.05) is 13.0 Å². The molecule has 4 nitrogen and oxygen atoms in total. The number of carbonyl (C=O) groups is 2. The van der Waals surface area contributed by atoms with Gasteiger partial charge in [0.2, 0.25) is 11.8 Å². The maximum Gasteiger partial charge on any atom is 0.249 e. The third-order valence-corrected chi connectivity index (χ3v) is 3.65. The summed E-state index contributed by atoms with van der Waals surface area (Å²) in [4.78, 5) is 25.5. The normalized spacial score (nSPS) is 24.1. The minimum atomic E-state index is -0.491. The van der Waals surface area contributed by atoms with Gasteiger partial charge in [0.05, 0.1) is 5.69 Å². The number of nitrogens with one attached hydrogen (secondary N) is 1. The van der Waals surface area contributed by atoms with Gasteiger partial charge < -0.3 is 10.2 Å². The van der Waals surface area contributed by atoms with E-state index in [4.69, 9.17) is 0 Å². The Morgan fingerprint density at radius 3 is 2.63 bits per heavy atom. The summed E-state index contributed by atoms with van der Waals surface area (Å²) in [5.74, 6) is -0.550. The van der Waals surface area contributed by atoms with Gasteiger partial charge in [-0.25, -0.2) is 4.39 Å². The van der Waals surface area contributed by atoms with E-state index in [1.165, 1.54) is 11.0 Å². The molecule has 1 saturated carbocycles. The first-order valence-corrected chi connectivity index (χ1v) is 6.52. The summed E-state index contributed by atoms with van der Waals surface area (Å²) in [6.07, 6.45) is 2.10. The van der Waals surface area contributed by atoms with Crippen molar-refractivity contribution in [1.82, 2.24) is 5.32 Å². The van der Waals surface area contributed by atoms with Crippen molar-refractivity contribution in [3.05, 3.63) is 30.1 Å². The molecule has 1 unspecified atom stereocenters. The number of halogens is 1. The molecule has 1 aromatic rings. The van der Waals surface area contributed by atoms with E-state index in [0.717, 1.165) is 12.8 Å². The minimum absolute atomic E-state index is 0.135. The summed E-state index contributed by atoms with van der Waals surface area (Å²) in [5.41, 5.74) is 0.259. The lowest BCUT2D eigenvalue weighted by Crippen LogP contribution is -2.46. The third kappa shape index (κ3) is 2.32. The fraction of sp³-hybridized carbons (Fsp3) is 0.429. The second-order valence-corrected chi connectivity index (χ2v) is 5.07. The highest BCUT2D eigenvalue weighted by molar-refractivity contribution is 6.01. The predicted octanol–water partition coefficient (Wildman–Crippen LogP) is 1.46. The zero-order valence-electron chi connectivity index (χ0n) is 10.4. The highest BCUT2D eigenvalue weighted by Gasteiger charge is 2.41. The van der Waals surface area contributed by atoms with Crippen molar-refractivity contribution >= 4 is 17.5 Å². The Balaban J connectivity index is 1.93. The molecule has 5 heteroatoms. The molecule has 1 aliphatic heterocycles. The predicted molar refractivity (Wildman–Crippen MR) is 68.0 cm³/mol. The van der Waals surface area contributed by atoms with Crippen molar-refractivity contribution in [2.45, 2.75) is 25.3 Å². The van der Waals surface area contributed by atoms with Gasteiger partial charge in [-0.1, -0.05) is 12.1 Å². The molecule has 2 aliphatic rings. The van der Waals surface area contributed by atoms with E-state index in [-0.39, 0.29) is 36.4 Å². The standard InChI is InChI=1S/C14H15FN2O2/c15-10-3-1-2-4-11(10)17-8-7-12(18)16-13(14(17)19)9-5-6-9/h1-4,9,13H,5-8H2,(H,16,18). The first-order chi connectivity index (χ1) is 9.16. The SMILES string of the molecule is O=C1CCN(c2ccccc2F)C(=O)C(C2CC2)N1. The van der Waals surface area contributed by atoms with Gasteiger partial charge in [-0.2, -0.15) is 0 Å². The van der Waals surface area contributed by atoms with Crippen LogP contribution in [0.5, 0.6) is 0 Å². The smallest absolute Gasteiger partial charge is 0.249 e. The molecule has 0 aromatic heterocycles. The number of carbonyl (C=O) groups excluding carboxylic acids is 2. The van der Waals surface area contributed by atoms with Crippen molar-refractivity contribution in [3.8, 4) is 0 Å². The summed E-state index contributed by atoms with van der Waals surface area (Å²) >= 11 is 0. The van der Waals surface area contributed by atoms with Crippen LogP contribution in [0, 0.1) is 11.7 Å². The average molecular weight is 262 g/mol. The van der Waals surface area contributed by atoms with Crippen molar-refractivity contribution in [1.29, 1.82) is 0 Å². The lowest BCUT2D eigenvalue weighted by Gasteiger charge is -2.24. The molecule has 19 heavy (non-hydrogen) atoms. The Bertz CT molecular complexity index is 528. The summed E-state index contributed by atoms with van der Waals surface area (Å²) in [6, 6.07) is 5.69. The van der Waals surface area contributed by atoms with Crippen LogP contribution < -0.4 is 10.2 Å². The molecular formula is C14H15FN2O2. The Labute approximate surface area is 110 Å². The number of amides is 2. The number of hydrogen-bond donors (Lipinski definition) is 1. The highest BCUT2D eigenvalue weighted by Crippen LogP contribution is 2.35. The summed E-state index contributed by atoms with van der Waals surface area (Å²) in [5, 5.41) is 2.76. The van der Waals surface area contributed by atoms with E-state index in [9.17, 15) is 14.0 Å². The molecule has 0 radical (unpaired) electrons. The van der Waals surface area contributed by atoms with Crippen molar-refractivity contribution < 1.29 is 14.0 Å². The zero-order chi connectivity index (χ0) is 13.4. The van der Waals surface area contributed by atoms with Crippen LogP contribution in [0.1, 0.15) is 19.3 Å². The van der Waals surface area contributed by atoms with Gasteiger partial charge in [-0.05, 0) is 30.9 Å². The maximum atomic E-state index is 13.8. The fourth-order valence-corrected chi connectivity index (χ4v) is 2.46. The fourth-order valence-electron chi connectivity index (χ4n) is 2.46. The van der Waals surface area contributed by atoms with E-state index in [1.54, 1.807) is 18.2 Å². The van der Waals surface area contributed by atoms with Crippen molar-refractivity contribution in [3.63, 3.8) is 0 Å². The van der Waals surface area contributed by atoms with Gasteiger partial charge in [-0.15, -0.1) is 0 Å². The van der Waals surface area contributed by atoms with E-state index in [0.29, 0.717) is 0 Å². The molecule has 1 aromatic carbocycles. The second-order valence-electron chi connectivity index (χ2n) is 5.07.